The minimum absolute atomic E-state index is 0.0651. The van der Waals surface area contributed by atoms with Crippen molar-refractivity contribution in [2.45, 2.75) is 298 Å². The summed E-state index contributed by atoms with van der Waals surface area (Å²) in [4.78, 5) is 37.9. The Hall–Kier alpha value is -1.59. The van der Waals surface area contributed by atoms with Crippen molar-refractivity contribution in [1.82, 2.24) is 0 Å². The lowest BCUT2D eigenvalue weighted by Gasteiger charge is -2.18. The number of carbonyl (C=O) groups is 3. The molecule has 0 rings (SSSR count). The first-order chi connectivity index (χ1) is 29.1. The molecular weight excluding hydrogens is 745 g/mol. The molecule has 0 aliphatic carbocycles. The molecule has 0 aliphatic heterocycles. The third-order valence-corrected chi connectivity index (χ3v) is 12.5. The van der Waals surface area contributed by atoms with Crippen LogP contribution in [-0.2, 0) is 28.6 Å². The Morgan fingerprint density at radius 1 is 0.333 bits per heavy atom. The fourth-order valence-electron chi connectivity index (χ4n) is 8.08. The van der Waals surface area contributed by atoms with Gasteiger partial charge in [-0.3, -0.25) is 14.4 Å². The molecule has 2 atom stereocenters. The van der Waals surface area contributed by atoms with Crippen molar-refractivity contribution in [3.05, 3.63) is 0 Å². The predicted molar refractivity (Wildman–Crippen MR) is 256 cm³/mol. The molecule has 0 aromatic heterocycles. The van der Waals surface area contributed by atoms with E-state index < -0.39 is 6.10 Å². The zero-order valence-electron chi connectivity index (χ0n) is 41.3. The summed E-state index contributed by atoms with van der Waals surface area (Å²) >= 11 is 0. The molecule has 0 fully saturated rings. The van der Waals surface area contributed by atoms with Crippen LogP contribution in [0.2, 0.25) is 0 Å². The van der Waals surface area contributed by atoms with E-state index in [0.29, 0.717) is 19.3 Å². The molecule has 356 valence electrons. The van der Waals surface area contributed by atoms with E-state index in [4.69, 9.17) is 14.2 Å². The molecule has 0 saturated carbocycles. The van der Waals surface area contributed by atoms with Crippen LogP contribution >= 0.6 is 0 Å². The summed E-state index contributed by atoms with van der Waals surface area (Å²) in [6.07, 6.45) is 45.3. The Morgan fingerprint density at radius 2 is 0.583 bits per heavy atom. The van der Waals surface area contributed by atoms with Crippen molar-refractivity contribution in [3.63, 3.8) is 0 Å². The Morgan fingerprint density at radius 3 is 0.867 bits per heavy atom. The standard InChI is InChI=1S/C54H104O6/c1-7-50(6)42-36-30-23-19-15-10-8-9-11-17-21-25-33-39-45-54(57)60-51(47-59-53(56)44-38-32-27-26-29-35-41-49(4)5)46-58-52(55)43-37-31-24-20-16-13-12-14-18-22-28-34-40-48(2)3/h48-51H,7-47H2,1-6H3/t50?,51-/m0/s1. The molecule has 0 aliphatic rings. The van der Waals surface area contributed by atoms with Gasteiger partial charge in [0.25, 0.3) is 0 Å². The zero-order chi connectivity index (χ0) is 44.2. The smallest absolute Gasteiger partial charge is 0.306 e. The molecule has 60 heavy (non-hydrogen) atoms. The van der Waals surface area contributed by atoms with Gasteiger partial charge in [0.15, 0.2) is 6.10 Å². The van der Waals surface area contributed by atoms with Crippen molar-refractivity contribution in [3.8, 4) is 0 Å². The van der Waals surface area contributed by atoms with Gasteiger partial charge in [-0.1, -0.05) is 253 Å². The van der Waals surface area contributed by atoms with Crippen LogP contribution in [0.1, 0.15) is 292 Å². The highest BCUT2D eigenvalue weighted by Gasteiger charge is 2.19. The van der Waals surface area contributed by atoms with Gasteiger partial charge in [-0.05, 0) is 37.0 Å². The molecule has 0 aromatic rings. The summed E-state index contributed by atoms with van der Waals surface area (Å²) in [5.74, 6) is 1.64. The molecule has 6 heteroatoms. The number of rotatable bonds is 47. The summed E-state index contributed by atoms with van der Waals surface area (Å²) < 4.78 is 16.8. The Bertz CT molecular complexity index is 931. The van der Waals surface area contributed by atoms with Gasteiger partial charge in [0, 0.05) is 19.3 Å². The fourth-order valence-corrected chi connectivity index (χ4v) is 8.08. The largest absolute Gasteiger partial charge is 0.462 e. The van der Waals surface area contributed by atoms with E-state index in [9.17, 15) is 14.4 Å². The van der Waals surface area contributed by atoms with Crippen LogP contribution in [-0.4, -0.2) is 37.2 Å². The Balaban J connectivity index is 4.26. The van der Waals surface area contributed by atoms with Crippen LogP contribution < -0.4 is 0 Å². The van der Waals surface area contributed by atoms with E-state index in [1.165, 1.54) is 173 Å². The average molecular weight is 849 g/mol. The monoisotopic (exact) mass is 849 g/mol. The lowest BCUT2D eigenvalue weighted by Crippen LogP contribution is -2.30. The number of hydrogen-bond acceptors (Lipinski definition) is 6. The maximum atomic E-state index is 12.8. The third kappa shape index (κ3) is 45.9. The van der Waals surface area contributed by atoms with Gasteiger partial charge in [0.05, 0.1) is 0 Å². The molecule has 0 radical (unpaired) electrons. The van der Waals surface area contributed by atoms with Gasteiger partial charge < -0.3 is 14.2 Å². The van der Waals surface area contributed by atoms with Gasteiger partial charge >= 0.3 is 17.9 Å². The highest BCUT2D eigenvalue weighted by atomic mass is 16.6. The number of hydrogen-bond donors (Lipinski definition) is 0. The number of ether oxygens (including phenoxy) is 3. The highest BCUT2D eigenvalue weighted by molar-refractivity contribution is 5.71. The molecule has 0 aromatic carbocycles. The molecule has 0 spiro atoms. The molecular formula is C54H104O6. The van der Waals surface area contributed by atoms with E-state index in [1.807, 2.05) is 0 Å². The Kier molecular flexibility index (Phi) is 44.2. The van der Waals surface area contributed by atoms with Crippen LogP contribution in [0.15, 0.2) is 0 Å². The second kappa shape index (κ2) is 45.4. The normalized spacial score (nSPS) is 12.6. The van der Waals surface area contributed by atoms with E-state index in [2.05, 4.69) is 41.5 Å². The van der Waals surface area contributed by atoms with Crippen molar-refractivity contribution >= 4 is 17.9 Å². The number of unbranched alkanes of at least 4 members (excludes halogenated alkanes) is 29. The lowest BCUT2D eigenvalue weighted by atomic mass is 9.99. The van der Waals surface area contributed by atoms with E-state index in [1.54, 1.807) is 0 Å². The maximum absolute atomic E-state index is 12.8. The second-order valence-electron chi connectivity index (χ2n) is 19.7. The summed E-state index contributed by atoms with van der Waals surface area (Å²) in [6.45, 7) is 13.7. The third-order valence-electron chi connectivity index (χ3n) is 12.5. The van der Waals surface area contributed by atoms with Crippen molar-refractivity contribution < 1.29 is 28.6 Å². The first-order valence-corrected chi connectivity index (χ1v) is 26.6. The van der Waals surface area contributed by atoms with Gasteiger partial charge in [-0.15, -0.1) is 0 Å². The Labute approximate surface area is 374 Å². The number of esters is 3. The topological polar surface area (TPSA) is 78.9 Å². The molecule has 6 nitrogen and oxygen atoms in total. The molecule has 0 amide bonds. The van der Waals surface area contributed by atoms with Gasteiger partial charge in [0.2, 0.25) is 0 Å². The average Bonchev–Trinajstić information content (AvgIpc) is 3.22. The molecule has 0 N–H and O–H groups in total. The molecule has 1 unspecified atom stereocenters. The van der Waals surface area contributed by atoms with Crippen molar-refractivity contribution in [1.29, 1.82) is 0 Å². The predicted octanol–water partition coefficient (Wildman–Crippen LogP) is 17.2. The zero-order valence-corrected chi connectivity index (χ0v) is 41.3. The SMILES string of the molecule is CCC(C)CCCCCCCCCCCCCCCCC(=O)O[C@@H](COC(=O)CCCCCCCCCCCCCCC(C)C)COC(=O)CCCCCCCCC(C)C. The second-order valence-corrected chi connectivity index (χ2v) is 19.7. The van der Waals surface area contributed by atoms with Crippen LogP contribution in [0.4, 0.5) is 0 Å². The van der Waals surface area contributed by atoms with E-state index in [0.717, 1.165) is 75.5 Å². The van der Waals surface area contributed by atoms with Crippen molar-refractivity contribution in [2.24, 2.45) is 17.8 Å². The van der Waals surface area contributed by atoms with Gasteiger partial charge in [-0.25, -0.2) is 0 Å². The van der Waals surface area contributed by atoms with Crippen LogP contribution in [0, 0.1) is 17.8 Å². The highest BCUT2D eigenvalue weighted by Crippen LogP contribution is 2.18. The summed E-state index contributed by atoms with van der Waals surface area (Å²) in [7, 11) is 0. The minimum Gasteiger partial charge on any atom is -0.462 e. The first kappa shape index (κ1) is 58.4. The quantitative estimate of drug-likeness (QED) is 0.0345. The fraction of sp³-hybridized carbons (Fsp3) is 0.944. The van der Waals surface area contributed by atoms with Crippen LogP contribution in [0.25, 0.3) is 0 Å². The summed E-state index contributed by atoms with van der Waals surface area (Å²) in [5.41, 5.74) is 0. The molecule has 0 bridgehead atoms. The summed E-state index contributed by atoms with van der Waals surface area (Å²) in [6, 6.07) is 0. The summed E-state index contributed by atoms with van der Waals surface area (Å²) in [5, 5.41) is 0. The van der Waals surface area contributed by atoms with E-state index >= 15 is 0 Å². The van der Waals surface area contributed by atoms with Gasteiger partial charge in [-0.2, -0.15) is 0 Å². The maximum Gasteiger partial charge on any atom is 0.306 e. The van der Waals surface area contributed by atoms with Crippen molar-refractivity contribution in [2.75, 3.05) is 13.2 Å². The molecule has 0 saturated heterocycles. The number of carbonyl (C=O) groups excluding carboxylic acids is 3. The van der Waals surface area contributed by atoms with Crippen LogP contribution in [0.5, 0.6) is 0 Å². The molecule has 0 heterocycles. The minimum atomic E-state index is -0.763. The van der Waals surface area contributed by atoms with Crippen LogP contribution in [0.3, 0.4) is 0 Å². The first-order valence-electron chi connectivity index (χ1n) is 26.6. The van der Waals surface area contributed by atoms with E-state index in [-0.39, 0.29) is 31.1 Å². The van der Waals surface area contributed by atoms with Gasteiger partial charge in [0.1, 0.15) is 13.2 Å². The lowest BCUT2D eigenvalue weighted by molar-refractivity contribution is -0.167.